The first-order valence-corrected chi connectivity index (χ1v) is 14.4. The summed E-state index contributed by atoms with van der Waals surface area (Å²) in [6, 6.07) is 7.92. The zero-order chi connectivity index (χ0) is 31.6. The Hall–Kier alpha value is -0.891. The van der Waals surface area contributed by atoms with Crippen LogP contribution < -0.4 is 94.0 Å². The molecule has 1 aromatic heterocycles. The molecule has 0 bridgehead atoms. The molecule has 0 aliphatic rings. The number of phenols is 2. The first-order valence-electron chi connectivity index (χ1n) is 10.2. The molecule has 0 amide bonds. The van der Waals surface area contributed by atoms with Crippen molar-refractivity contribution in [2.24, 2.45) is 10.2 Å². The van der Waals surface area contributed by atoms with Crippen LogP contribution in [0.1, 0.15) is 0 Å². The van der Waals surface area contributed by atoms with Gasteiger partial charge >= 0.3 is 105 Å². The molecule has 16 nitrogen and oxygen atoms in total. The molecule has 0 aliphatic heterocycles. The van der Waals surface area contributed by atoms with Gasteiger partial charge in [0, 0.05) is 50.1 Å². The van der Waals surface area contributed by atoms with E-state index < -0.39 is 86.1 Å². The Morgan fingerprint density at radius 3 is 2.04 bits per heavy atom. The summed E-state index contributed by atoms with van der Waals surface area (Å²) in [6.45, 7) is 0. The van der Waals surface area contributed by atoms with Crippen molar-refractivity contribution in [3.63, 3.8) is 0 Å². The number of hydrogen-bond donors (Lipinski definition) is 3. The van der Waals surface area contributed by atoms with Gasteiger partial charge in [-0.25, -0.2) is 16.8 Å². The third-order valence-electron chi connectivity index (χ3n) is 4.77. The first kappa shape index (κ1) is 47.2. The van der Waals surface area contributed by atoms with E-state index in [2.05, 4.69) is 31.6 Å². The van der Waals surface area contributed by atoms with Gasteiger partial charge in [0.05, 0.1) is 0 Å². The molecular weight excluding hydrogens is 788 g/mol. The van der Waals surface area contributed by atoms with Gasteiger partial charge < -0.3 is 24.6 Å². The van der Waals surface area contributed by atoms with E-state index in [0.29, 0.717) is 6.07 Å². The number of halogens is 3. The second kappa shape index (κ2) is 19.3. The number of hydrogen-bond acceptors (Lipinski definition) is 16. The van der Waals surface area contributed by atoms with Crippen molar-refractivity contribution >= 4 is 76.1 Å². The minimum atomic E-state index is -5.38. The Balaban J connectivity index is 0. The number of nitrogens with one attached hydrogen (secondary N) is 1. The normalized spacial score (nSPS) is 10.7. The van der Waals surface area contributed by atoms with E-state index in [1.165, 1.54) is 12.1 Å². The minimum absolute atomic E-state index is 0. The summed E-state index contributed by atoms with van der Waals surface area (Å²) in [5, 5.41) is 29.0. The third-order valence-corrected chi connectivity index (χ3v) is 6.78. The van der Waals surface area contributed by atoms with Crippen molar-refractivity contribution < 1.29 is 163 Å². The molecule has 4 aromatic rings. The molecule has 4 rings (SSSR count). The Bertz CT molecular complexity index is 2120. The van der Waals surface area contributed by atoms with E-state index in [-0.39, 0.29) is 123 Å². The number of aromatic nitrogens is 2. The maximum Gasteiger partial charge on any atom is 1.00 e. The van der Waals surface area contributed by atoms with Crippen LogP contribution in [-0.2, 0) is 47.9 Å². The fraction of sp³-hybridized carbons (Fsp3) is 0. The summed E-state index contributed by atoms with van der Waals surface area (Å²) < 4.78 is 121. The average molecular weight is 797 g/mol. The summed E-state index contributed by atoms with van der Waals surface area (Å²) in [4.78, 5) is 3.90. The number of benzene rings is 3. The molecular formula is C20H9ClCuF2N5Na3O11S3. The fourth-order valence-corrected chi connectivity index (χ4v) is 4.61. The topological polar surface area (TPSA) is 269 Å². The van der Waals surface area contributed by atoms with Crippen LogP contribution in [0, 0.1) is 18.1 Å². The van der Waals surface area contributed by atoms with Gasteiger partial charge in [-0.15, -0.1) is 23.1 Å². The van der Waals surface area contributed by atoms with Crippen molar-refractivity contribution in [1.82, 2.24) is 9.97 Å². The summed E-state index contributed by atoms with van der Waals surface area (Å²) in [5.41, 5.74) is -0.658. The molecule has 0 saturated heterocycles. The van der Waals surface area contributed by atoms with E-state index in [0.717, 1.165) is 18.2 Å². The Morgan fingerprint density at radius 1 is 0.935 bits per heavy atom. The van der Waals surface area contributed by atoms with E-state index in [1.54, 1.807) is 0 Å². The van der Waals surface area contributed by atoms with Crippen LogP contribution in [0.25, 0.3) is 10.8 Å². The number of fused-ring (bicyclic) bond motifs is 1. The predicted molar refractivity (Wildman–Crippen MR) is 133 cm³/mol. The maximum absolute atomic E-state index is 13.5. The molecule has 0 aliphatic carbocycles. The van der Waals surface area contributed by atoms with Crippen LogP contribution in [0.15, 0.2) is 56.4 Å². The molecule has 0 fully saturated rings. The van der Waals surface area contributed by atoms with Crippen molar-refractivity contribution in [2.45, 2.75) is 9.79 Å². The molecule has 0 unspecified atom stereocenters. The largest absolute Gasteiger partial charge is 1.00 e. The van der Waals surface area contributed by atoms with Gasteiger partial charge in [-0.3, -0.25) is 0 Å². The molecule has 233 valence electrons. The van der Waals surface area contributed by atoms with Crippen LogP contribution in [0.4, 0.5) is 31.7 Å². The number of aromatic hydroxyl groups is 2. The van der Waals surface area contributed by atoms with E-state index in [9.17, 15) is 44.9 Å². The smallest absolute Gasteiger partial charge is 0.744 e. The van der Waals surface area contributed by atoms with Gasteiger partial charge in [0.15, 0.2) is 5.82 Å². The van der Waals surface area contributed by atoms with Crippen molar-refractivity contribution in [2.75, 3.05) is 5.32 Å². The van der Waals surface area contributed by atoms with Gasteiger partial charge in [-0.05, 0) is 18.2 Å². The zero-order valence-corrected chi connectivity index (χ0v) is 33.1. The van der Waals surface area contributed by atoms with Gasteiger partial charge in [0.2, 0.25) is 5.95 Å². The Kier molecular flexibility index (Phi) is 19.9. The second-order valence-electron chi connectivity index (χ2n) is 7.46. The van der Waals surface area contributed by atoms with E-state index in [1.807, 2.05) is 0 Å². The van der Waals surface area contributed by atoms with Crippen molar-refractivity contribution in [3.05, 3.63) is 59.5 Å². The number of rotatable bonds is 6. The maximum atomic E-state index is 13.5. The second-order valence-corrected chi connectivity index (χ2v) is 11.0. The number of azo groups is 1. The Labute approximate surface area is 341 Å². The molecule has 0 saturated carbocycles. The van der Waals surface area contributed by atoms with E-state index >= 15 is 0 Å². The molecule has 3 N–H and O–H groups in total. The fourth-order valence-electron chi connectivity index (χ4n) is 3.13. The van der Waals surface area contributed by atoms with Gasteiger partial charge in [-0.1, -0.05) is 23.1 Å². The molecule has 26 heteroatoms. The first-order chi connectivity index (χ1) is 19.4. The average Bonchev–Trinajstić information content (AvgIpc) is 2.85. The standard InChI is InChI=1S/C20H11ClF2N5O8S2.Cu.3Na.O3S/c21-16-18(22)25-20(23)26-19(16)24-9-2-4-11(13(29)6-9)27-28-12-3-1-8-5-10(37(31,32)33)7-14(38(34,35)36)15(8)17(12)30;;;;;1-4(2)3/h1-2,4-7,29-30H,(H,24,25,26)(H,31,32,33)(H,34,35,36);;;;;/q-1;;3*+1;/p-2. The summed E-state index contributed by atoms with van der Waals surface area (Å²) in [7, 11) is -13.6. The third kappa shape index (κ3) is 12.5. The molecule has 0 spiro atoms. The molecule has 1 heterocycles. The number of phenolic OH excluding ortho intramolecular Hbond substituents is 2. The van der Waals surface area contributed by atoms with Crippen LogP contribution in [0.3, 0.4) is 0 Å². The van der Waals surface area contributed by atoms with Crippen molar-refractivity contribution in [3.8, 4) is 11.5 Å². The number of nitrogens with zero attached hydrogens (tertiary/aromatic N) is 4. The SMILES string of the molecule is O=S(=O)([O-])c1cc(S(=O)(=O)[O-])c2c(O)c(N=Nc3ccc(Nc4nc(F)nc(F)c4Cl)cc3O)[c-]cc2c1.O=S(=O)=O.[Cu].[Na+].[Na+].[Na+]. The van der Waals surface area contributed by atoms with E-state index in [4.69, 9.17) is 24.2 Å². The quantitative estimate of drug-likeness (QED) is 0.0409. The van der Waals surface area contributed by atoms with Crippen LogP contribution in [-0.4, -0.2) is 58.7 Å². The summed E-state index contributed by atoms with van der Waals surface area (Å²) >= 11 is 5.68. The Morgan fingerprint density at radius 2 is 1.52 bits per heavy atom. The van der Waals surface area contributed by atoms with Crippen LogP contribution >= 0.6 is 11.6 Å². The van der Waals surface area contributed by atoms with Crippen LogP contribution in [0.2, 0.25) is 5.02 Å². The molecule has 46 heavy (non-hydrogen) atoms. The predicted octanol–water partition coefficient (Wildman–Crippen LogP) is -6.25. The van der Waals surface area contributed by atoms with Gasteiger partial charge in [0.25, 0.3) is 0 Å². The van der Waals surface area contributed by atoms with Crippen LogP contribution in [0.5, 0.6) is 11.5 Å². The molecule has 3 aromatic carbocycles. The molecule has 1 radical (unpaired) electrons. The number of anilines is 2. The zero-order valence-electron chi connectivity index (χ0n) is 23.0. The minimum Gasteiger partial charge on any atom is -0.744 e. The summed E-state index contributed by atoms with van der Waals surface area (Å²) in [5.74, 6) is -3.21. The van der Waals surface area contributed by atoms with Crippen molar-refractivity contribution in [1.29, 1.82) is 0 Å². The van der Waals surface area contributed by atoms with Gasteiger partial charge in [-0.2, -0.15) is 36.0 Å². The van der Waals surface area contributed by atoms with Gasteiger partial charge in [0.1, 0.15) is 36.7 Å². The molecule has 0 atom stereocenters. The summed E-state index contributed by atoms with van der Waals surface area (Å²) in [6.07, 6.45) is -1.39. The monoisotopic (exact) mass is 796 g/mol.